The maximum atomic E-state index is 12.2. The van der Waals surface area contributed by atoms with E-state index < -0.39 is 84.3 Å². The number of ether oxygens (including phenoxy) is 6. The smallest absolute Gasteiger partial charge is 0.422 e. The second-order valence-electron chi connectivity index (χ2n) is 8.17. The normalized spacial score (nSPS) is 35.3. The lowest BCUT2D eigenvalue weighted by Gasteiger charge is -2.17. The van der Waals surface area contributed by atoms with Gasteiger partial charge in [-0.1, -0.05) is 13.2 Å². The van der Waals surface area contributed by atoms with Crippen LogP contribution < -0.4 is 0 Å². The molecule has 4 aliphatic heterocycles. The Balaban J connectivity index is 0.000000201. The molecule has 8 atom stereocenters. The molecule has 0 aromatic heterocycles. The lowest BCUT2D eigenvalue weighted by atomic mass is 10.1. The number of esters is 2. The molecule has 10 nitrogen and oxygen atoms in total. The molecule has 2 N–H and O–H groups in total. The van der Waals surface area contributed by atoms with Crippen molar-refractivity contribution in [1.29, 1.82) is 0 Å². The van der Waals surface area contributed by atoms with E-state index in [1.54, 1.807) is 0 Å². The van der Waals surface area contributed by atoms with Gasteiger partial charge in [0, 0.05) is 0 Å². The highest BCUT2D eigenvalue weighted by Crippen LogP contribution is 2.32. The molecule has 0 unspecified atom stereocenters. The number of hydrogen-bond acceptors (Lipinski definition) is 10. The summed E-state index contributed by atoms with van der Waals surface area (Å²) in [5.41, 5.74) is -3.16. The molecule has 0 radical (unpaired) electrons. The Labute approximate surface area is 199 Å². The maximum Gasteiger partial charge on any atom is 0.422 e. The van der Waals surface area contributed by atoms with Gasteiger partial charge in [-0.25, -0.2) is 9.59 Å². The predicted molar refractivity (Wildman–Crippen MR) is 101 cm³/mol. The second-order valence-corrected chi connectivity index (χ2v) is 8.17. The molecule has 36 heavy (non-hydrogen) atoms. The third kappa shape index (κ3) is 6.18. The minimum absolute atomic E-state index is 0.00357. The van der Waals surface area contributed by atoms with Crippen molar-refractivity contribution in [2.24, 2.45) is 0 Å². The first-order chi connectivity index (χ1) is 16.6. The molecule has 0 saturated carbocycles. The van der Waals surface area contributed by atoms with Crippen molar-refractivity contribution in [3.8, 4) is 0 Å². The van der Waals surface area contributed by atoms with Gasteiger partial charge in [0.25, 0.3) is 0 Å². The van der Waals surface area contributed by atoms with Gasteiger partial charge in [0.1, 0.15) is 47.8 Å². The van der Waals surface area contributed by atoms with Crippen molar-refractivity contribution in [2.45, 2.75) is 61.2 Å². The highest BCUT2D eigenvalue weighted by molar-refractivity contribution is 5.89. The molecular weight excluding hydrogens is 514 g/mol. The molecule has 0 aliphatic carbocycles. The summed E-state index contributed by atoms with van der Waals surface area (Å²) in [6.07, 6.45) is -16.1. The number of halogens is 6. The largest absolute Gasteiger partial charge is 0.453 e. The number of aliphatic hydroxyl groups is 2. The van der Waals surface area contributed by atoms with Crippen LogP contribution >= 0.6 is 0 Å². The van der Waals surface area contributed by atoms with Gasteiger partial charge in [0.05, 0.1) is 26.4 Å². The van der Waals surface area contributed by atoms with E-state index in [9.17, 15) is 46.1 Å². The first-order valence-corrected chi connectivity index (χ1v) is 10.4. The van der Waals surface area contributed by atoms with Gasteiger partial charge < -0.3 is 38.6 Å². The third-order valence-electron chi connectivity index (χ3n) is 5.66. The summed E-state index contributed by atoms with van der Waals surface area (Å²) in [6.45, 7) is 5.07. The van der Waals surface area contributed by atoms with Crippen molar-refractivity contribution in [2.75, 3.05) is 26.4 Å². The highest BCUT2D eigenvalue weighted by atomic mass is 19.4. The highest BCUT2D eigenvalue weighted by Gasteiger charge is 2.51. The maximum absolute atomic E-state index is 12.2. The van der Waals surface area contributed by atoms with E-state index in [-0.39, 0.29) is 26.4 Å². The number of rotatable bonds is 4. The number of hydrogen-bond donors (Lipinski definition) is 2. The fourth-order valence-electron chi connectivity index (χ4n) is 3.74. The van der Waals surface area contributed by atoms with Gasteiger partial charge in [0.15, 0.2) is 12.2 Å². The zero-order valence-electron chi connectivity index (χ0n) is 18.3. The topological polar surface area (TPSA) is 130 Å². The van der Waals surface area contributed by atoms with Crippen LogP contribution in [-0.2, 0) is 38.0 Å². The Morgan fingerprint density at radius 1 is 0.639 bits per heavy atom. The number of carbonyl (C=O) groups excluding carboxylic acids is 2. The number of carbonyl (C=O) groups is 2. The minimum Gasteiger partial charge on any atom is -0.453 e. The third-order valence-corrected chi connectivity index (χ3v) is 5.66. The van der Waals surface area contributed by atoms with E-state index in [2.05, 4.69) is 22.6 Å². The van der Waals surface area contributed by atoms with Crippen LogP contribution in [0.1, 0.15) is 0 Å². The molecule has 4 rings (SSSR count). The number of fused-ring (bicyclic) bond motifs is 2. The fourth-order valence-corrected chi connectivity index (χ4v) is 3.74. The molecule has 0 aromatic rings. The first-order valence-electron chi connectivity index (χ1n) is 10.4. The van der Waals surface area contributed by atoms with Gasteiger partial charge in [-0.2, -0.15) is 26.3 Å². The molecular formula is C20H22F6O10. The average Bonchev–Trinajstić information content (AvgIpc) is 3.53. The van der Waals surface area contributed by atoms with Crippen LogP contribution in [-0.4, -0.2) is 110 Å². The minimum atomic E-state index is -4.83. The number of aliphatic hydroxyl groups excluding tert-OH is 2. The standard InChI is InChI=1S/2C10H11F3O5/c2*1-4(10(11,12)13)9(15)18-6-3-17-7-5(14)2-16-8(6)7/h2*5-8,14H,1-3H2/t5-,6+,7+,8+;5-,6+,7-,8-/m01/s1. The number of alkyl halides is 6. The Morgan fingerprint density at radius 2 is 0.944 bits per heavy atom. The van der Waals surface area contributed by atoms with Crippen molar-refractivity contribution >= 4 is 11.9 Å². The van der Waals surface area contributed by atoms with Crippen molar-refractivity contribution in [3.63, 3.8) is 0 Å². The summed E-state index contributed by atoms with van der Waals surface area (Å²) >= 11 is 0. The van der Waals surface area contributed by atoms with Crippen LogP contribution in [0, 0.1) is 0 Å². The lowest BCUT2D eigenvalue weighted by Crippen LogP contribution is -2.35. The summed E-state index contributed by atoms with van der Waals surface area (Å²) in [5.74, 6) is -3.11. The van der Waals surface area contributed by atoms with Crippen LogP contribution in [0.15, 0.2) is 24.3 Å². The van der Waals surface area contributed by atoms with E-state index in [0.29, 0.717) is 0 Å². The first kappa shape index (κ1) is 28.3. The van der Waals surface area contributed by atoms with E-state index in [1.807, 2.05) is 0 Å². The van der Waals surface area contributed by atoms with Crippen LogP contribution in [0.5, 0.6) is 0 Å². The van der Waals surface area contributed by atoms with Gasteiger partial charge >= 0.3 is 24.3 Å². The summed E-state index contributed by atoms with van der Waals surface area (Å²) in [5, 5.41) is 18.8. The second kappa shape index (κ2) is 10.6. The van der Waals surface area contributed by atoms with Gasteiger partial charge in [-0.15, -0.1) is 0 Å². The zero-order valence-corrected chi connectivity index (χ0v) is 18.3. The Hall–Kier alpha value is -2.24. The summed E-state index contributed by atoms with van der Waals surface area (Å²) < 4.78 is 103. The molecule has 0 amide bonds. The Morgan fingerprint density at radius 3 is 1.25 bits per heavy atom. The van der Waals surface area contributed by atoms with Gasteiger partial charge in [-0.3, -0.25) is 0 Å². The van der Waals surface area contributed by atoms with E-state index in [0.717, 1.165) is 0 Å². The van der Waals surface area contributed by atoms with Gasteiger partial charge in [0.2, 0.25) is 0 Å². The summed E-state index contributed by atoms with van der Waals surface area (Å²) in [6, 6.07) is 0. The molecule has 4 saturated heterocycles. The summed E-state index contributed by atoms with van der Waals surface area (Å²) in [4.78, 5) is 22.4. The molecule has 0 spiro atoms. The van der Waals surface area contributed by atoms with Crippen molar-refractivity contribution in [1.82, 2.24) is 0 Å². The van der Waals surface area contributed by atoms with E-state index in [1.165, 1.54) is 0 Å². The molecule has 0 bridgehead atoms. The van der Waals surface area contributed by atoms with E-state index >= 15 is 0 Å². The SMILES string of the molecule is C=C(C(=O)O[C@@H]1CO[C@H]2[C@@H]1OC[C@@H]2O)C(F)(F)F.C=C(C(=O)O[C@H]1CO[C@H]2[C@@H]1OC[C@H]2O)C(F)(F)F. The fraction of sp³-hybridized carbons (Fsp3) is 0.700. The molecule has 16 heteroatoms. The van der Waals surface area contributed by atoms with Crippen LogP contribution in [0.4, 0.5) is 26.3 Å². The Kier molecular flexibility index (Phi) is 8.36. The van der Waals surface area contributed by atoms with Gasteiger partial charge in [-0.05, 0) is 0 Å². The lowest BCUT2D eigenvalue weighted by molar-refractivity contribution is -0.160. The summed E-state index contributed by atoms with van der Waals surface area (Å²) in [7, 11) is 0. The average molecular weight is 536 g/mol. The molecule has 4 aliphatic rings. The molecule has 0 aromatic carbocycles. The van der Waals surface area contributed by atoms with Crippen molar-refractivity contribution in [3.05, 3.63) is 24.3 Å². The van der Waals surface area contributed by atoms with Crippen LogP contribution in [0.25, 0.3) is 0 Å². The zero-order chi connectivity index (χ0) is 27.0. The Bertz CT molecular complexity index is 804. The molecule has 4 fully saturated rings. The van der Waals surface area contributed by atoms with Crippen LogP contribution in [0.2, 0.25) is 0 Å². The monoisotopic (exact) mass is 536 g/mol. The predicted octanol–water partition coefficient (Wildman–Crippen LogP) is 0.350. The van der Waals surface area contributed by atoms with Crippen molar-refractivity contribution < 1.29 is 74.6 Å². The molecule has 204 valence electrons. The van der Waals surface area contributed by atoms with E-state index in [4.69, 9.17) is 18.9 Å². The molecule has 4 heterocycles. The van der Waals surface area contributed by atoms with Crippen LogP contribution in [0.3, 0.4) is 0 Å². The quantitative estimate of drug-likeness (QED) is 0.295.